The van der Waals surface area contributed by atoms with Gasteiger partial charge in [0.05, 0.1) is 23.8 Å². The summed E-state index contributed by atoms with van der Waals surface area (Å²) in [6.07, 6.45) is 7.55. The van der Waals surface area contributed by atoms with Gasteiger partial charge in [-0.05, 0) is 18.6 Å². The monoisotopic (exact) mass is 404 g/mol. The molecule has 0 fully saturated rings. The highest BCUT2D eigenvalue weighted by atomic mass is 16.4. The minimum atomic E-state index is -0.113. The Morgan fingerprint density at radius 3 is 2.63 bits per heavy atom. The first-order valence-corrected chi connectivity index (χ1v) is 9.46. The quantitative estimate of drug-likeness (QED) is 0.480. The van der Waals surface area contributed by atoms with E-state index in [1.165, 1.54) is 17.7 Å². The predicted octanol–water partition coefficient (Wildman–Crippen LogP) is 3.50. The van der Waals surface area contributed by atoms with Crippen molar-refractivity contribution >= 4 is 5.91 Å². The van der Waals surface area contributed by atoms with E-state index >= 15 is 0 Å². The van der Waals surface area contributed by atoms with Crippen LogP contribution in [0.4, 0.5) is 0 Å². The third kappa shape index (κ3) is 3.69. The Kier molecular flexibility index (Phi) is 5.34. The normalized spacial score (nSPS) is 10.9. The van der Waals surface area contributed by atoms with Gasteiger partial charge in [-0.25, -0.2) is 9.97 Å². The molecule has 1 aromatic carbocycles. The Bertz CT molecular complexity index is 1150. The van der Waals surface area contributed by atoms with Gasteiger partial charge < -0.3 is 13.7 Å². The Labute approximate surface area is 172 Å². The number of carbonyl (C=O) groups is 1. The Morgan fingerprint density at radius 1 is 1.10 bits per heavy atom. The van der Waals surface area contributed by atoms with Gasteiger partial charge in [0.15, 0.2) is 12.2 Å². The number of hydrogen-bond donors (Lipinski definition) is 0. The summed E-state index contributed by atoms with van der Waals surface area (Å²) in [5.74, 6) is 0.726. The molecule has 0 atom stereocenters. The fourth-order valence-corrected chi connectivity index (χ4v) is 3.12. The van der Waals surface area contributed by atoms with Gasteiger partial charge in [0.2, 0.25) is 6.39 Å². The van der Waals surface area contributed by atoms with Crippen LogP contribution in [0.5, 0.6) is 0 Å². The van der Waals surface area contributed by atoms with E-state index in [-0.39, 0.29) is 5.91 Å². The summed E-state index contributed by atoms with van der Waals surface area (Å²) in [4.78, 5) is 27.4. The zero-order valence-electron chi connectivity index (χ0n) is 16.9. The van der Waals surface area contributed by atoms with Crippen molar-refractivity contribution in [2.45, 2.75) is 19.8 Å². The minimum absolute atomic E-state index is 0.113. The first-order chi connectivity index (χ1) is 14.6. The van der Waals surface area contributed by atoms with Crippen LogP contribution in [0.3, 0.4) is 0 Å². The molecule has 0 N–H and O–H groups in total. The van der Waals surface area contributed by atoms with E-state index < -0.39 is 0 Å². The Morgan fingerprint density at radius 2 is 1.97 bits per heavy atom. The molecule has 0 saturated carbocycles. The van der Waals surface area contributed by atoms with Gasteiger partial charge in [-0.3, -0.25) is 9.78 Å². The van der Waals surface area contributed by atoms with E-state index in [1.54, 1.807) is 38.6 Å². The fourth-order valence-electron chi connectivity index (χ4n) is 3.12. The van der Waals surface area contributed by atoms with Crippen molar-refractivity contribution in [3.05, 3.63) is 54.6 Å². The van der Waals surface area contributed by atoms with Crippen LogP contribution in [0.15, 0.2) is 52.2 Å². The van der Waals surface area contributed by atoms with Crippen LogP contribution in [-0.2, 0) is 6.42 Å². The van der Waals surface area contributed by atoms with Crippen molar-refractivity contribution in [1.29, 1.82) is 0 Å². The van der Waals surface area contributed by atoms with E-state index in [2.05, 4.69) is 27.1 Å². The summed E-state index contributed by atoms with van der Waals surface area (Å²) in [5, 5.41) is 7.75. The lowest BCUT2D eigenvalue weighted by molar-refractivity contribution is 0.0827. The number of aryl methyl sites for hydroxylation is 1. The molecule has 152 valence electrons. The molecule has 0 saturated heterocycles. The second-order valence-corrected chi connectivity index (χ2v) is 6.87. The van der Waals surface area contributed by atoms with Crippen molar-refractivity contribution in [2.24, 2.45) is 0 Å². The highest BCUT2D eigenvalue weighted by molar-refractivity contribution is 5.96. The first-order valence-electron chi connectivity index (χ1n) is 9.46. The van der Waals surface area contributed by atoms with E-state index in [4.69, 9.17) is 13.8 Å². The third-order valence-corrected chi connectivity index (χ3v) is 4.54. The molecule has 3 aromatic heterocycles. The van der Waals surface area contributed by atoms with Crippen molar-refractivity contribution in [3.8, 4) is 34.2 Å². The number of aromatic nitrogens is 5. The molecule has 1 amide bonds. The lowest BCUT2D eigenvalue weighted by Gasteiger charge is -2.14. The van der Waals surface area contributed by atoms with Crippen LogP contribution in [0.1, 0.15) is 29.4 Å². The molecule has 9 heteroatoms. The van der Waals surface area contributed by atoms with Crippen molar-refractivity contribution in [3.63, 3.8) is 0 Å². The molecule has 0 unspecified atom stereocenters. The van der Waals surface area contributed by atoms with Crippen molar-refractivity contribution in [1.82, 2.24) is 30.0 Å². The molecular formula is C21H20N6O3. The zero-order chi connectivity index (χ0) is 21.1. The summed E-state index contributed by atoms with van der Waals surface area (Å²) in [7, 11) is 3.41. The summed E-state index contributed by atoms with van der Waals surface area (Å²) in [5.41, 5.74) is 3.89. The van der Waals surface area contributed by atoms with Crippen LogP contribution < -0.4 is 0 Å². The van der Waals surface area contributed by atoms with Gasteiger partial charge in [0, 0.05) is 30.8 Å². The molecule has 4 rings (SSSR count). The number of benzene rings is 1. The number of carbonyl (C=O) groups excluding carboxylic acids is 1. The van der Waals surface area contributed by atoms with Crippen LogP contribution in [0.2, 0.25) is 0 Å². The molecule has 0 aliphatic rings. The number of hydrogen-bond acceptors (Lipinski definition) is 8. The van der Waals surface area contributed by atoms with Gasteiger partial charge in [-0.2, -0.15) is 0 Å². The van der Waals surface area contributed by atoms with Gasteiger partial charge in [-0.1, -0.05) is 19.4 Å². The largest absolute Gasteiger partial charge is 0.443 e. The maximum atomic E-state index is 12.5. The van der Waals surface area contributed by atoms with Crippen molar-refractivity contribution in [2.75, 3.05) is 14.1 Å². The van der Waals surface area contributed by atoms with Crippen LogP contribution in [-0.4, -0.2) is 50.1 Å². The summed E-state index contributed by atoms with van der Waals surface area (Å²) < 4.78 is 10.9. The Hall–Kier alpha value is -3.88. The second-order valence-electron chi connectivity index (χ2n) is 6.87. The minimum Gasteiger partial charge on any atom is -0.443 e. The van der Waals surface area contributed by atoms with Gasteiger partial charge in [0.1, 0.15) is 5.69 Å². The number of oxazole rings is 1. The summed E-state index contributed by atoms with van der Waals surface area (Å²) >= 11 is 0. The van der Waals surface area contributed by atoms with E-state index in [0.29, 0.717) is 34.2 Å². The molecule has 4 aromatic rings. The van der Waals surface area contributed by atoms with Crippen LogP contribution in [0.25, 0.3) is 34.2 Å². The third-order valence-electron chi connectivity index (χ3n) is 4.54. The smallest absolute Gasteiger partial charge is 0.267 e. The number of rotatable bonds is 6. The SMILES string of the molecule is CCCc1ncc(-c2ccc(C(=O)N(C)C)cc2-c2cnco2)nc1-c1nnco1. The van der Waals surface area contributed by atoms with Gasteiger partial charge >= 0.3 is 0 Å². The Balaban J connectivity index is 1.88. The summed E-state index contributed by atoms with van der Waals surface area (Å²) in [6, 6.07) is 5.35. The fraction of sp³-hybridized carbons (Fsp3) is 0.238. The van der Waals surface area contributed by atoms with E-state index in [0.717, 1.165) is 24.1 Å². The molecule has 0 spiro atoms. The van der Waals surface area contributed by atoms with Crippen LogP contribution >= 0.6 is 0 Å². The maximum Gasteiger partial charge on any atom is 0.267 e. The average molecular weight is 404 g/mol. The summed E-state index contributed by atoms with van der Waals surface area (Å²) in [6.45, 7) is 2.07. The van der Waals surface area contributed by atoms with Gasteiger partial charge in [-0.15, -0.1) is 10.2 Å². The van der Waals surface area contributed by atoms with Crippen molar-refractivity contribution < 1.29 is 13.6 Å². The second kappa shape index (κ2) is 8.24. The molecule has 30 heavy (non-hydrogen) atoms. The highest BCUT2D eigenvalue weighted by Crippen LogP contribution is 2.33. The maximum absolute atomic E-state index is 12.5. The van der Waals surface area contributed by atoms with Crippen LogP contribution in [0, 0.1) is 0 Å². The van der Waals surface area contributed by atoms with Gasteiger partial charge in [0.25, 0.3) is 11.8 Å². The molecule has 0 aliphatic carbocycles. The zero-order valence-corrected chi connectivity index (χ0v) is 16.9. The van der Waals surface area contributed by atoms with E-state index in [9.17, 15) is 4.79 Å². The molecule has 0 aliphatic heterocycles. The first kappa shape index (κ1) is 19.4. The number of amides is 1. The topological polar surface area (TPSA) is 111 Å². The standard InChI is InChI=1S/C21H20N6O3/c1-4-5-16-19(20-26-24-12-30-20)25-17(9-23-16)14-7-6-13(21(28)27(2)3)8-15(14)18-10-22-11-29-18/h6-12H,4-5H2,1-3H3. The molecular weight excluding hydrogens is 384 g/mol. The van der Waals surface area contributed by atoms with E-state index in [1.807, 2.05) is 6.07 Å². The molecule has 3 heterocycles. The number of nitrogens with zero attached hydrogens (tertiary/aromatic N) is 6. The highest BCUT2D eigenvalue weighted by Gasteiger charge is 2.19. The predicted molar refractivity (Wildman–Crippen MR) is 108 cm³/mol. The molecule has 9 nitrogen and oxygen atoms in total. The average Bonchev–Trinajstić information content (AvgIpc) is 3.47. The molecule has 0 radical (unpaired) electrons. The lowest BCUT2D eigenvalue weighted by atomic mass is 9.99. The molecule has 0 bridgehead atoms. The lowest BCUT2D eigenvalue weighted by Crippen LogP contribution is -2.21.